The van der Waals surface area contributed by atoms with Crippen molar-refractivity contribution < 1.29 is 23.4 Å². The number of ether oxygens (including phenoxy) is 1. The molecule has 0 aromatic rings. The molecule has 0 saturated heterocycles. The zero-order valence-electron chi connectivity index (χ0n) is 15.1. The number of halogens is 2. The Kier molecular flexibility index (Phi) is 7.64. The molecule has 0 bridgehead atoms. The topological polar surface area (TPSA) is 49.8 Å². The van der Waals surface area contributed by atoms with E-state index < -0.39 is 23.7 Å². The van der Waals surface area contributed by atoms with Crippen LogP contribution in [0.2, 0.25) is 0 Å². The molecule has 0 heterocycles. The van der Waals surface area contributed by atoms with Crippen molar-refractivity contribution in [2.24, 2.45) is 0 Å². The first-order valence-electron chi connectivity index (χ1n) is 8.72. The van der Waals surface area contributed by atoms with Crippen molar-refractivity contribution >= 4 is 6.09 Å². The second-order valence-corrected chi connectivity index (χ2v) is 7.56. The number of nitrogens with zero attached hydrogens (tertiary/aromatic N) is 1. The number of rotatable bonds is 7. The molecule has 0 aromatic carbocycles. The average Bonchev–Trinajstić information content (AvgIpc) is 2.46. The van der Waals surface area contributed by atoms with E-state index in [0.29, 0.717) is 32.2 Å². The van der Waals surface area contributed by atoms with E-state index in [-0.39, 0.29) is 18.9 Å². The van der Waals surface area contributed by atoms with Crippen LogP contribution in [0, 0.1) is 0 Å². The molecule has 1 unspecified atom stereocenters. The number of aliphatic hydroxyl groups excluding tert-OH is 1. The van der Waals surface area contributed by atoms with Crippen molar-refractivity contribution in [2.75, 3.05) is 6.54 Å². The summed E-state index contributed by atoms with van der Waals surface area (Å²) in [5.41, 5.74) is -0.618. The second kappa shape index (κ2) is 8.79. The minimum Gasteiger partial charge on any atom is -0.444 e. The fourth-order valence-corrected chi connectivity index (χ4v) is 2.83. The Morgan fingerprint density at radius 3 is 2.46 bits per heavy atom. The molecular formula is C18H31F2NO3. The summed E-state index contributed by atoms with van der Waals surface area (Å²) in [6, 6.07) is -0.205. The maximum Gasteiger partial charge on any atom is 0.410 e. The molecule has 1 aliphatic rings. The first-order valence-corrected chi connectivity index (χ1v) is 8.72. The van der Waals surface area contributed by atoms with Gasteiger partial charge in [-0.05, 0) is 52.9 Å². The van der Waals surface area contributed by atoms with E-state index in [1.165, 1.54) is 6.08 Å². The van der Waals surface area contributed by atoms with Gasteiger partial charge < -0.3 is 14.7 Å². The zero-order chi connectivity index (χ0) is 18.4. The fourth-order valence-electron chi connectivity index (χ4n) is 2.83. The Balaban J connectivity index is 2.62. The third-order valence-corrected chi connectivity index (χ3v) is 4.18. The van der Waals surface area contributed by atoms with Crippen LogP contribution in [0.25, 0.3) is 0 Å². The summed E-state index contributed by atoms with van der Waals surface area (Å²) in [6.07, 6.45) is 2.70. The Bertz CT molecular complexity index is 411. The van der Waals surface area contributed by atoms with E-state index in [1.807, 2.05) is 0 Å². The van der Waals surface area contributed by atoms with Gasteiger partial charge in [0.15, 0.2) is 0 Å². The van der Waals surface area contributed by atoms with Gasteiger partial charge >= 0.3 is 6.09 Å². The van der Waals surface area contributed by atoms with E-state index >= 15 is 0 Å². The normalized spacial score (nSPS) is 19.6. The van der Waals surface area contributed by atoms with Crippen LogP contribution < -0.4 is 0 Å². The third kappa shape index (κ3) is 7.60. The quantitative estimate of drug-likeness (QED) is 0.544. The maximum atomic E-state index is 13.4. The summed E-state index contributed by atoms with van der Waals surface area (Å²) in [5, 5.41) is 9.48. The van der Waals surface area contributed by atoms with Crippen molar-refractivity contribution in [1.82, 2.24) is 4.90 Å². The van der Waals surface area contributed by atoms with Gasteiger partial charge in [0, 0.05) is 25.4 Å². The summed E-state index contributed by atoms with van der Waals surface area (Å²) in [4.78, 5) is 14.1. The van der Waals surface area contributed by atoms with Crippen molar-refractivity contribution in [2.45, 2.75) is 89.4 Å². The van der Waals surface area contributed by atoms with Gasteiger partial charge in [-0.3, -0.25) is 0 Å². The zero-order valence-corrected chi connectivity index (χ0v) is 15.1. The summed E-state index contributed by atoms with van der Waals surface area (Å²) in [6.45, 7) is 9.35. The largest absolute Gasteiger partial charge is 0.444 e. The highest BCUT2D eigenvalue weighted by molar-refractivity contribution is 5.68. The van der Waals surface area contributed by atoms with E-state index in [2.05, 4.69) is 6.58 Å². The Morgan fingerprint density at radius 2 is 1.96 bits per heavy atom. The summed E-state index contributed by atoms with van der Waals surface area (Å²) < 4.78 is 32.2. The van der Waals surface area contributed by atoms with Crippen molar-refractivity contribution in [3.05, 3.63) is 12.7 Å². The highest BCUT2D eigenvalue weighted by Gasteiger charge is 2.39. The van der Waals surface area contributed by atoms with Gasteiger partial charge in [0.2, 0.25) is 5.92 Å². The lowest BCUT2D eigenvalue weighted by Gasteiger charge is -2.37. The smallest absolute Gasteiger partial charge is 0.410 e. The van der Waals surface area contributed by atoms with Crippen LogP contribution in [0.4, 0.5) is 13.6 Å². The standard InChI is InChI=1S/C18H31F2NO3/c1-5-15(22)8-6-7-13-21(16(23)24-17(2,3)4)14-9-11-18(19,20)12-10-14/h5,14-15,22H,1,6-13H2,2-4H3. The summed E-state index contributed by atoms with van der Waals surface area (Å²) in [7, 11) is 0. The minimum absolute atomic E-state index is 0.188. The molecule has 4 nitrogen and oxygen atoms in total. The van der Waals surface area contributed by atoms with Gasteiger partial charge in [0.05, 0.1) is 6.10 Å². The molecule has 1 amide bonds. The molecular weight excluding hydrogens is 316 g/mol. The van der Waals surface area contributed by atoms with Crippen LogP contribution in [0.15, 0.2) is 12.7 Å². The number of amides is 1. The SMILES string of the molecule is C=CC(O)CCCCN(C(=O)OC(C)(C)C)C1CCC(F)(F)CC1. The molecule has 1 aliphatic carbocycles. The van der Waals surface area contributed by atoms with Gasteiger partial charge in [-0.25, -0.2) is 13.6 Å². The number of carbonyl (C=O) groups excluding carboxylic acids is 1. The highest BCUT2D eigenvalue weighted by Crippen LogP contribution is 2.35. The Labute approximate surface area is 143 Å². The van der Waals surface area contributed by atoms with Crippen molar-refractivity contribution in [1.29, 1.82) is 0 Å². The van der Waals surface area contributed by atoms with Crippen LogP contribution in [-0.4, -0.2) is 46.3 Å². The Morgan fingerprint density at radius 1 is 1.38 bits per heavy atom. The second-order valence-electron chi connectivity index (χ2n) is 7.56. The molecule has 1 N–H and O–H groups in total. The molecule has 140 valence electrons. The van der Waals surface area contributed by atoms with Gasteiger partial charge in [0.1, 0.15) is 5.60 Å². The lowest BCUT2D eigenvalue weighted by atomic mass is 9.91. The molecule has 24 heavy (non-hydrogen) atoms. The first-order chi connectivity index (χ1) is 11.0. The average molecular weight is 347 g/mol. The van der Waals surface area contributed by atoms with E-state index in [0.717, 1.165) is 6.42 Å². The number of aliphatic hydroxyl groups is 1. The molecule has 0 aliphatic heterocycles. The fraction of sp³-hybridized carbons (Fsp3) is 0.833. The van der Waals surface area contributed by atoms with Crippen LogP contribution in [0.3, 0.4) is 0 Å². The molecule has 0 radical (unpaired) electrons. The lowest BCUT2D eigenvalue weighted by Crippen LogP contribution is -2.46. The minimum atomic E-state index is -2.62. The van der Waals surface area contributed by atoms with Crippen LogP contribution in [-0.2, 0) is 4.74 Å². The Hall–Kier alpha value is -1.17. The van der Waals surface area contributed by atoms with Crippen LogP contribution in [0.1, 0.15) is 65.7 Å². The number of hydrogen-bond donors (Lipinski definition) is 1. The number of hydrogen-bond acceptors (Lipinski definition) is 3. The third-order valence-electron chi connectivity index (χ3n) is 4.18. The predicted octanol–water partition coefficient (Wildman–Crippen LogP) is 4.52. The summed E-state index contributed by atoms with van der Waals surface area (Å²) >= 11 is 0. The molecule has 6 heteroatoms. The molecule has 1 rings (SSSR count). The monoisotopic (exact) mass is 347 g/mol. The highest BCUT2D eigenvalue weighted by atomic mass is 19.3. The van der Waals surface area contributed by atoms with Gasteiger partial charge in [-0.1, -0.05) is 6.08 Å². The molecule has 1 saturated carbocycles. The van der Waals surface area contributed by atoms with Gasteiger partial charge in [-0.15, -0.1) is 6.58 Å². The van der Waals surface area contributed by atoms with Crippen LogP contribution >= 0.6 is 0 Å². The van der Waals surface area contributed by atoms with Crippen molar-refractivity contribution in [3.8, 4) is 0 Å². The van der Waals surface area contributed by atoms with Crippen LogP contribution in [0.5, 0.6) is 0 Å². The number of alkyl halides is 2. The molecule has 1 fully saturated rings. The number of unbranched alkanes of at least 4 members (excludes halogenated alkanes) is 1. The first kappa shape index (κ1) is 20.9. The molecule has 0 aromatic heterocycles. The maximum absolute atomic E-state index is 13.4. The van der Waals surface area contributed by atoms with Gasteiger partial charge in [-0.2, -0.15) is 0 Å². The van der Waals surface area contributed by atoms with E-state index in [4.69, 9.17) is 4.74 Å². The molecule has 0 spiro atoms. The summed E-state index contributed by atoms with van der Waals surface area (Å²) in [5.74, 6) is -2.62. The number of carbonyl (C=O) groups is 1. The van der Waals surface area contributed by atoms with E-state index in [1.54, 1.807) is 25.7 Å². The molecule has 1 atom stereocenters. The van der Waals surface area contributed by atoms with Gasteiger partial charge in [0.25, 0.3) is 0 Å². The lowest BCUT2D eigenvalue weighted by molar-refractivity contribution is -0.0571. The van der Waals surface area contributed by atoms with E-state index in [9.17, 15) is 18.7 Å². The van der Waals surface area contributed by atoms with Crippen molar-refractivity contribution in [3.63, 3.8) is 0 Å². The predicted molar refractivity (Wildman–Crippen MR) is 90.2 cm³/mol.